The van der Waals surface area contributed by atoms with Crippen molar-refractivity contribution >= 4 is 16.7 Å². The first-order valence-electron chi connectivity index (χ1n) is 13.0. The van der Waals surface area contributed by atoms with E-state index in [1.54, 1.807) is 0 Å². The molecule has 1 unspecified atom stereocenters. The summed E-state index contributed by atoms with van der Waals surface area (Å²) in [5, 5.41) is 8.15. The fourth-order valence-corrected chi connectivity index (χ4v) is 4.88. The Kier molecular flexibility index (Phi) is 7.28. The van der Waals surface area contributed by atoms with E-state index in [0.717, 1.165) is 71.8 Å². The number of amidine groups is 1. The van der Waals surface area contributed by atoms with Crippen LogP contribution in [0.15, 0.2) is 89.9 Å². The quantitative estimate of drug-likeness (QED) is 0.277. The van der Waals surface area contributed by atoms with Crippen LogP contribution in [-0.2, 0) is 5.54 Å². The molecule has 36 heavy (non-hydrogen) atoms. The molecule has 4 aromatic rings. The van der Waals surface area contributed by atoms with E-state index in [9.17, 15) is 0 Å². The fraction of sp³-hybridized carbons (Fsp3) is 0.290. The van der Waals surface area contributed by atoms with Crippen LogP contribution in [0.1, 0.15) is 37.8 Å². The van der Waals surface area contributed by atoms with Crippen molar-refractivity contribution in [1.82, 2.24) is 15.6 Å². The van der Waals surface area contributed by atoms with Crippen LogP contribution < -0.4 is 15.4 Å². The minimum absolute atomic E-state index is 0.312. The van der Waals surface area contributed by atoms with Gasteiger partial charge in [-0.2, -0.15) is 0 Å². The summed E-state index contributed by atoms with van der Waals surface area (Å²) in [6.07, 6.45) is 2.00. The Bertz CT molecular complexity index is 1340. The Labute approximate surface area is 213 Å². The lowest BCUT2D eigenvalue weighted by molar-refractivity contribution is 0.314. The number of para-hydroxylation sites is 1. The van der Waals surface area contributed by atoms with Gasteiger partial charge in [-0.1, -0.05) is 92.7 Å². The van der Waals surface area contributed by atoms with Crippen molar-refractivity contribution < 1.29 is 4.74 Å². The van der Waals surface area contributed by atoms with E-state index < -0.39 is 0 Å². The van der Waals surface area contributed by atoms with Gasteiger partial charge in [0.15, 0.2) is 5.75 Å². The number of nitrogens with zero attached hydrogens (tertiary/aromatic N) is 2. The number of hydrogen-bond acceptors (Lipinski definition) is 5. The van der Waals surface area contributed by atoms with Gasteiger partial charge in [-0.3, -0.25) is 4.99 Å². The fourth-order valence-electron chi connectivity index (χ4n) is 4.88. The number of nitrogens with one attached hydrogen (secondary N) is 2. The van der Waals surface area contributed by atoms with Crippen LogP contribution in [0.4, 0.5) is 0 Å². The third-order valence-corrected chi connectivity index (χ3v) is 6.85. The minimum atomic E-state index is -0.312. The molecule has 1 aliphatic rings. The maximum absolute atomic E-state index is 6.55. The number of ether oxygens (including phenoxy) is 1. The highest BCUT2D eigenvalue weighted by atomic mass is 16.5. The lowest BCUT2D eigenvalue weighted by atomic mass is 9.88. The Morgan fingerprint density at radius 2 is 1.61 bits per heavy atom. The SMILES string of the molecule is CCCNCCOc1c(-c2ccccc2)nc2ccccc2c1C1=NC(CC)(c2ccccc2)CN1. The molecule has 0 aliphatic carbocycles. The number of hydrogen-bond donors (Lipinski definition) is 2. The Morgan fingerprint density at radius 1 is 0.889 bits per heavy atom. The van der Waals surface area contributed by atoms with E-state index in [4.69, 9.17) is 14.7 Å². The van der Waals surface area contributed by atoms with Gasteiger partial charge in [0, 0.05) is 24.0 Å². The number of pyridine rings is 1. The molecular formula is C31H34N4O. The molecule has 0 saturated carbocycles. The molecule has 1 aromatic heterocycles. The highest BCUT2D eigenvalue weighted by molar-refractivity contribution is 6.13. The molecule has 0 saturated heterocycles. The summed E-state index contributed by atoms with van der Waals surface area (Å²) in [7, 11) is 0. The molecule has 3 aromatic carbocycles. The molecule has 0 radical (unpaired) electrons. The molecule has 5 nitrogen and oxygen atoms in total. The van der Waals surface area contributed by atoms with E-state index >= 15 is 0 Å². The smallest absolute Gasteiger partial charge is 0.157 e. The summed E-state index contributed by atoms with van der Waals surface area (Å²) in [5.74, 6) is 1.65. The second-order valence-corrected chi connectivity index (χ2v) is 9.21. The second-order valence-electron chi connectivity index (χ2n) is 9.21. The zero-order chi connectivity index (χ0) is 24.8. The van der Waals surface area contributed by atoms with E-state index in [0.29, 0.717) is 6.61 Å². The summed E-state index contributed by atoms with van der Waals surface area (Å²) >= 11 is 0. The Balaban J connectivity index is 1.68. The average molecular weight is 479 g/mol. The third kappa shape index (κ3) is 4.71. The van der Waals surface area contributed by atoms with E-state index in [1.165, 1.54) is 5.56 Å². The Morgan fingerprint density at radius 3 is 2.36 bits per heavy atom. The monoisotopic (exact) mass is 478 g/mol. The molecule has 5 heteroatoms. The molecule has 5 rings (SSSR count). The van der Waals surface area contributed by atoms with Gasteiger partial charge in [0.25, 0.3) is 0 Å². The molecule has 1 aliphatic heterocycles. The van der Waals surface area contributed by atoms with Gasteiger partial charge >= 0.3 is 0 Å². The van der Waals surface area contributed by atoms with Crippen LogP contribution in [-0.4, -0.2) is 37.1 Å². The Hall–Kier alpha value is -3.70. The van der Waals surface area contributed by atoms with Crippen LogP contribution in [0.2, 0.25) is 0 Å². The molecule has 1 atom stereocenters. The summed E-state index contributed by atoms with van der Waals surface area (Å²) in [4.78, 5) is 10.4. The second kappa shape index (κ2) is 10.9. The molecule has 2 N–H and O–H groups in total. The molecule has 0 spiro atoms. The third-order valence-electron chi connectivity index (χ3n) is 6.85. The molecule has 0 bridgehead atoms. The van der Waals surface area contributed by atoms with Crippen molar-refractivity contribution in [2.45, 2.75) is 32.2 Å². The molecule has 184 valence electrons. The number of fused-ring (bicyclic) bond motifs is 1. The van der Waals surface area contributed by atoms with Gasteiger partial charge in [0.1, 0.15) is 23.7 Å². The van der Waals surface area contributed by atoms with Crippen LogP contribution in [0.25, 0.3) is 22.2 Å². The van der Waals surface area contributed by atoms with Crippen molar-refractivity contribution in [1.29, 1.82) is 0 Å². The maximum Gasteiger partial charge on any atom is 0.157 e. The van der Waals surface area contributed by atoms with Crippen LogP contribution in [0.3, 0.4) is 0 Å². The normalized spacial score (nSPS) is 17.1. The number of benzene rings is 3. The van der Waals surface area contributed by atoms with Gasteiger partial charge in [-0.15, -0.1) is 0 Å². The van der Waals surface area contributed by atoms with Gasteiger partial charge in [0.05, 0.1) is 11.1 Å². The van der Waals surface area contributed by atoms with Gasteiger partial charge in [0.2, 0.25) is 0 Å². The molecule has 0 amide bonds. The summed E-state index contributed by atoms with van der Waals surface area (Å²) in [5.41, 5.74) is 4.71. The van der Waals surface area contributed by atoms with Crippen LogP contribution >= 0.6 is 0 Å². The van der Waals surface area contributed by atoms with Gasteiger partial charge in [-0.05, 0) is 31.0 Å². The first-order chi connectivity index (χ1) is 17.8. The van der Waals surface area contributed by atoms with E-state index in [1.807, 2.05) is 24.3 Å². The first kappa shape index (κ1) is 24.0. The van der Waals surface area contributed by atoms with Crippen molar-refractivity contribution in [3.8, 4) is 17.0 Å². The van der Waals surface area contributed by atoms with E-state index in [-0.39, 0.29) is 5.54 Å². The van der Waals surface area contributed by atoms with Crippen LogP contribution in [0.5, 0.6) is 5.75 Å². The largest absolute Gasteiger partial charge is 0.489 e. The number of aliphatic imine (C=N–C) groups is 1. The zero-order valence-corrected chi connectivity index (χ0v) is 21.1. The predicted octanol–water partition coefficient (Wildman–Crippen LogP) is 5.94. The zero-order valence-electron chi connectivity index (χ0n) is 21.1. The molecule has 0 fully saturated rings. The average Bonchev–Trinajstić information content (AvgIpc) is 3.39. The number of aromatic nitrogens is 1. The van der Waals surface area contributed by atoms with Gasteiger partial charge in [-0.25, -0.2) is 4.98 Å². The lowest BCUT2D eigenvalue weighted by Gasteiger charge is -2.23. The molecule has 2 heterocycles. The molecular weight excluding hydrogens is 444 g/mol. The van der Waals surface area contributed by atoms with Crippen molar-refractivity contribution in [2.75, 3.05) is 26.2 Å². The van der Waals surface area contributed by atoms with Crippen molar-refractivity contribution in [3.63, 3.8) is 0 Å². The highest BCUT2D eigenvalue weighted by Crippen LogP contribution is 2.40. The first-order valence-corrected chi connectivity index (χ1v) is 13.0. The lowest BCUT2D eigenvalue weighted by Crippen LogP contribution is -2.30. The highest BCUT2D eigenvalue weighted by Gasteiger charge is 2.37. The maximum atomic E-state index is 6.55. The number of rotatable bonds is 10. The summed E-state index contributed by atoms with van der Waals surface area (Å²) in [6.45, 7) is 7.43. The van der Waals surface area contributed by atoms with Crippen molar-refractivity contribution in [2.24, 2.45) is 4.99 Å². The van der Waals surface area contributed by atoms with E-state index in [2.05, 4.69) is 85.1 Å². The topological polar surface area (TPSA) is 58.5 Å². The predicted molar refractivity (Wildman–Crippen MR) is 149 cm³/mol. The van der Waals surface area contributed by atoms with Crippen LogP contribution in [0, 0.1) is 0 Å². The summed E-state index contributed by atoms with van der Waals surface area (Å²) in [6, 6.07) is 29.2. The standard InChI is InChI=1S/C31H34N4O/c1-3-19-32-20-21-36-29-27(30-33-22-31(4-2,35-30)24-15-9-6-10-16-24)25-17-11-12-18-26(25)34-28(29)23-13-7-5-8-14-23/h5-18,32H,3-4,19-22H2,1-2H3,(H,33,35). The van der Waals surface area contributed by atoms with Gasteiger partial charge < -0.3 is 15.4 Å². The minimum Gasteiger partial charge on any atom is -0.489 e. The van der Waals surface area contributed by atoms with Crippen molar-refractivity contribution in [3.05, 3.63) is 96.1 Å². The summed E-state index contributed by atoms with van der Waals surface area (Å²) < 4.78 is 6.55.